The highest BCUT2D eigenvalue weighted by Crippen LogP contribution is 2.17. The van der Waals surface area contributed by atoms with E-state index in [0.717, 1.165) is 12.8 Å². The van der Waals surface area contributed by atoms with Crippen molar-refractivity contribution in [1.82, 2.24) is 10.6 Å². The van der Waals surface area contributed by atoms with Gasteiger partial charge in [-0.1, -0.05) is 33.1 Å². The lowest BCUT2D eigenvalue weighted by Gasteiger charge is -2.23. The Balaban J connectivity index is 0.000000821. The van der Waals surface area contributed by atoms with Crippen LogP contribution in [0.2, 0.25) is 0 Å². The fourth-order valence-electron chi connectivity index (χ4n) is 2.62. The molecule has 158 valence electrons. The summed E-state index contributed by atoms with van der Waals surface area (Å²) in [6.45, 7) is 4.31. The first-order valence-electron chi connectivity index (χ1n) is 8.88. The first kappa shape index (κ1) is 25.2. The maximum absolute atomic E-state index is 11.9. The molecule has 1 aliphatic carbocycles. The molecule has 1 fully saturated rings. The third kappa shape index (κ3) is 12.2. The molecule has 0 aliphatic heterocycles. The van der Waals surface area contributed by atoms with Crippen LogP contribution in [-0.2, 0) is 19.1 Å². The van der Waals surface area contributed by atoms with E-state index in [1.807, 2.05) is 13.8 Å². The first-order valence-corrected chi connectivity index (χ1v) is 8.88. The summed E-state index contributed by atoms with van der Waals surface area (Å²) in [7, 11) is 1.35. The molecule has 0 unspecified atom stereocenters. The smallest absolute Gasteiger partial charge is 0.475 e. The maximum atomic E-state index is 11.9. The van der Waals surface area contributed by atoms with Gasteiger partial charge in [0.2, 0.25) is 5.91 Å². The highest BCUT2D eigenvalue weighted by atomic mass is 19.4. The van der Waals surface area contributed by atoms with Crippen LogP contribution in [0.1, 0.15) is 52.4 Å². The minimum Gasteiger partial charge on any atom is -0.475 e. The molecule has 7 nitrogen and oxygen atoms in total. The van der Waals surface area contributed by atoms with Crippen LogP contribution in [0.15, 0.2) is 0 Å². The molecule has 0 aromatic rings. The number of alkyl halides is 3. The van der Waals surface area contributed by atoms with Gasteiger partial charge in [0.1, 0.15) is 6.04 Å². The van der Waals surface area contributed by atoms with Gasteiger partial charge in [0.15, 0.2) is 0 Å². The topological polar surface area (TPSA) is 105 Å². The second-order valence-electron chi connectivity index (χ2n) is 6.79. The number of aliphatic carboxylic acids is 1. The van der Waals surface area contributed by atoms with E-state index in [1.54, 1.807) is 0 Å². The molecule has 0 bridgehead atoms. The lowest BCUT2D eigenvalue weighted by atomic mass is 9.95. The molecule has 0 aromatic carbocycles. The van der Waals surface area contributed by atoms with E-state index in [4.69, 9.17) is 14.6 Å². The largest absolute Gasteiger partial charge is 0.490 e. The predicted molar refractivity (Wildman–Crippen MR) is 92.0 cm³/mol. The van der Waals surface area contributed by atoms with Crippen molar-refractivity contribution < 1.29 is 37.4 Å². The summed E-state index contributed by atoms with van der Waals surface area (Å²) >= 11 is 0. The second-order valence-corrected chi connectivity index (χ2v) is 6.79. The summed E-state index contributed by atoms with van der Waals surface area (Å²) < 4.78 is 36.5. The van der Waals surface area contributed by atoms with Crippen LogP contribution in [0.4, 0.5) is 13.2 Å². The Morgan fingerprint density at radius 3 is 2.07 bits per heavy atom. The standard InChI is InChI=1S/C15H28N2O3.C2HF3O2/c1-11(2)9-13(15(19)20-3)17-14(18)10-16-12-7-5-4-6-8-12;3-2(4,5)1(6)7/h11-13,16H,4-10H2,1-3H3,(H,17,18);(H,6,7)/t13-;/m0./s1. The Bertz CT molecular complexity index is 478. The Hall–Kier alpha value is -1.84. The van der Waals surface area contributed by atoms with Crippen molar-refractivity contribution in [3.63, 3.8) is 0 Å². The number of carboxylic acid groups (broad SMARTS) is 1. The number of esters is 1. The summed E-state index contributed by atoms with van der Waals surface area (Å²) in [5, 5.41) is 13.2. The third-order valence-electron chi connectivity index (χ3n) is 3.93. The number of halogens is 3. The van der Waals surface area contributed by atoms with Gasteiger partial charge in [-0.3, -0.25) is 4.79 Å². The molecule has 0 radical (unpaired) electrons. The maximum Gasteiger partial charge on any atom is 0.490 e. The normalized spacial score (nSPS) is 16.1. The van der Waals surface area contributed by atoms with E-state index in [2.05, 4.69) is 10.6 Å². The second kappa shape index (κ2) is 12.5. The molecule has 1 atom stereocenters. The molecule has 27 heavy (non-hydrogen) atoms. The van der Waals surface area contributed by atoms with Gasteiger partial charge in [-0.25, -0.2) is 9.59 Å². The first-order chi connectivity index (χ1) is 12.5. The van der Waals surface area contributed by atoms with Gasteiger partial charge in [-0.05, 0) is 25.2 Å². The van der Waals surface area contributed by atoms with Crippen molar-refractivity contribution in [3.8, 4) is 0 Å². The number of methoxy groups -OCH3 is 1. The fraction of sp³-hybridized carbons (Fsp3) is 0.824. The monoisotopic (exact) mass is 398 g/mol. The summed E-state index contributed by atoms with van der Waals surface area (Å²) in [5.74, 6) is -2.94. The number of carbonyl (C=O) groups excluding carboxylic acids is 2. The van der Waals surface area contributed by atoms with E-state index in [9.17, 15) is 22.8 Å². The summed E-state index contributed by atoms with van der Waals surface area (Å²) in [4.78, 5) is 32.4. The lowest BCUT2D eigenvalue weighted by Crippen LogP contribution is -2.47. The summed E-state index contributed by atoms with van der Waals surface area (Å²) in [6, 6.07) is -0.100. The summed E-state index contributed by atoms with van der Waals surface area (Å²) in [5.41, 5.74) is 0. The number of amides is 1. The quantitative estimate of drug-likeness (QED) is 0.568. The number of carboxylic acids is 1. The molecule has 10 heteroatoms. The molecule has 1 amide bonds. The van der Waals surface area contributed by atoms with E-state index in [1.165, 1.54) is 26.4 Å². The van der Waals surface area contributed by atoms with E-state index in [-0.39, 0.29) is 18.4 Å². The van der Waals surface area contributed by atoms with Crippen molar-refractivity contribution >= 4 is 17.8 Å². The van der Waals surface area contributed by atoms with Crippen molar-refractivity contribution in [1.29, 1.82) is 0 Å². The van der Waals surface area contributed by atoms with Crippen LogP contribution in [0.3, 0.4) is 0 Å². The number of hydrogen-bond acceptors (Lipinski definition) is 5. The molecule has 1 rings (SSSR count). The number of hydrogen-bond donors (Lipinski definition) is 3. The molecule has 1 saturated carbocycles. The van der Waals surface area contributed by atoms with E-state index in [0.29, 0.717) is 18.4 Å². The van der Waals surface area contributed by atoms with Crippen molar-refractivity contribution in [3.05, 3.63) is 0 Å². The lowest BCUT2D eigenvalue weighted by molar-refractivity contribution is -0.192. The van der Waals surface area contributed by atoms with E-state index >= 15 is 0 Å². The molecule has 0 saturated heterocycles. The minimum atomic E-state index is -5.08. The van der Waals surface area contributed by atoms with Crippen LogP contribution >= 0.6 is 0 Å². The van der Waals surface area contributed by atoms with Crippen LogP contribution in [0, 0.1) is 5.92 Å². The number of rotatable bonds is 7. The molecule has 3 N–H and O–H groups in total. The fourth-order valence-corrected chi connectivity index (χ4v) is 2.62. The zero-order chi connectivity index (χ0) is 21.0. The zero-order valence-corrected chi connectivity index (χ0v) is 15.9. The Kier molecular flexibility index (Phi) is 11.7. The molecule has 1 aliphatic rings. The van der Waals surface area contributed by atoms with Crippen LogP contribution in [-0.4, -0.2) is 54.9 Å². The summed E-state index contributed by atoms with van der Waals surface area (Å²) in [6.07, 6.45) is 1.55. The molecule has 0 heterocycles. The number of ether oxygens (including phenoxy) is 1. The Morgan fingerprint density at radius 2 is 1.67 bits per heavy atom. The molecular formula is C17H29F3N2O5. The van der Waals surface area contributed by atoms with Crippen molar-refractivity contribution in [2.24, 2.45) is 5.92 Å². The Morgan fingerprint density at radius 1 is 1.15 bits per heavy atom. The third-order valence-corrected chi connectivity index (χ3v) is 3.93. The SMILES string of the molecule is COC(=O)[C@H](CC(C)C)NC(=O)CNC1CCCCC1.O=C(O)C(F)(F)F. The molecular weight excluding hydrogens is 369 g/mol. The van der Waals surface area contributed by atoms with Crippen molar-refractivity contribution in [2.45, 2.75) is 70.6 Å². The van der Waals surface area contributed by atoms with Crippen LogP contribution < -0.4 is 10.6 Å². The van der Waals surface area contributed by atoms with Gasteiger partial charge < -0.3 is 20.5 Å². The molecule has 0 spiro atoms. The Labute approximate surface area is 157 Å². The number of carbonyl (C=O) groups is 3. The van der Waals surface area contributed by atoms with Crippen LogP contribution in [0.5, 0.6) is 0 Å². The van der Waals surface area contributed by atoms with Gasteiger partial charge in [-0.15, -0.1) is 0 Å². The average Bonchev–Trinajstić information content (AvgIpc) is 2.59. The number of nitrogens with one attached hydrogen (secondary N) is 2. The zero-order valence-electron chi connectivity index (χ0n) is 15.9. The van der Waals surface area contributed by atoms with Gasteiger partial charge >= 0.3 is 18.1 Å². The van der Waals surface area contributed by atoms with Gasteiger partial charge in [0.25, 0.3) is 0 Å². The van der Waals surface area contributed by atoms with Crippen LogP contribution in [0.25, 0.3) is 0 Å². The minimum absolute atomic E-state index is 0.133. The van der Waals surface area contributed by atoms with Crippen molar-refractivity contribution in [2.75, 3.05) is 13.7 Å². The van der Waals surface area contributed by atoms with Gasteiger partial charge in [0.05, 0.1) is 13.7 Å². The molecule has 0 aromatic heterocycles. The van der Waals surface area contributed by atoms with Gasteiger partial charge in [0, 0.05) is 6.04 Å². The average molecular weight is 398 g/mol. The predicted octanol–water partition coefficient (Wildman–Crippen LogP) is 2.25. The highest BCUT2D eigenvalue weighted by molar-refractivity contribution is 5.85. The van der Waals surface area contributed by atoms with Gasteiger partial charge in [-0.2, -0.15) is 13.2 Å². The van der Waals surface area contributed by atoms with E-state index < -0.39 is 18.2 Å². The highest BCUT2D eigenvalue weighted by Gasteiger charge is 2.38.